The van der Waals surface area contributed by atoms with E-state index in [0.29, 0.717) is 18.0 Å². The largest absolute Gasteiger partial charge is 0.353 e. The molecule has 2 aliphatic rings. The first-order valence-electron chi connectivity index (χ1n) is 7.79. The second-order valence-corrected chi connectivity index (χ2v) is 6.84. The van der Waals surface area contributed by atoms with Crippen LogP contribution < -0.4 is 10.2 Å². The maximum Gasteiger partial charge on any atom is 0.129 e. The highest BCUT2D eigenvalue weighted by Crippen LogP contribution is 2.30. The lowest BCUT2D eigenvalue weighted by Crippen LogP contribution is -2.34. The van der Waals surface area contributed by atoms with E-state index < -0.39 is 0 Å². The van der Waals surface area contributed by atoms with E-state index in [1.165, 1.54) is 31.2 Å². The van der Waals surface area contributed by atoms with Crippen molar-refractivity contribution in [3.05, 3.63) is 22.8 Å². The molecule has 0 spiro atoms. The summed E-state index contributed by atoms with van der Waals surface area (Å²) in [7, 11) is 0. The number of halogens is 1. The summed E-state index contributed by atoms with van der Waals surface area (Å²) in [5.41, 5.74) is 1.18. The van der Waals surface area contributed by atoms with Crippen molar-refractivity contribution in [1.82, 2.24) is 10.3 Å². The van der Waals surface area contributed by atoms with E-state index in [4.69, 9.17) is 11.6 Å². The minimum absolute atomic E-state index is 0.618. The van der Waals surface area contributed by atoms with Crippen LogP contribution in [0.3, 0.4) is 0 Å². The highest BCUT2D eigenvalue weighted by Gasteiger charge is 2.28. The van der Waals surface area contributed by atoms with Crippen molar-refractivity contribution in [3.63, 3.8) is 0 Å². The SMILES string of the molecule is CC(C)C1CCCN1c1cc(CNC2CC2)c(Cl)cn1. The van der Waals surface area contributed by atoms with Crippen molar-refractivity contribution in [3.8, 4) is 0 Å². The summed E-state index contributed by atoms with van der Waals surface area (Å²) in [5, 5.41) is 4.31. The normalized spacial score (nSPS) is 22.8. The van der Waals surface area contributed by atoms with E-state index in [1.54, 1.807) is 0 Å². The fourth-order valence-electron chi connectivity index (χ4n) is 3.07. The van der Waals surface area contributed by atoms with Gasteiger partial charge < -0.3 is 10.2 Å². The van der Waals surface area contributed by atoms with Gasteiger partial charge in [-0.25, -0.2) is 4.98 Å². The van der Waals surface area contributed by atoms with Gasteiger partial charge in [-0.2, -0.15) is 0 Å². The summed E-state index contributed by atoms with van der Waals surface area (Å²) in [6, 6.07) is 3.50. The maximum atomic E-state index is 6.28. The van der Waals surface area contributed by atoms with Gasteiger partial charge in [-0.05, 0) is 43.2 Å². The Balaban J connectivity index is 1.76. The summed E-state index contributed by atoms with van der Waals surface area (Å²) in [4.78, 5) is 7.02. The number of nitrogens with one attached hydrogen (secondary N) is 1. The highest BCUT2D eigenvalue weighted by atomic mass is 35.5. The van der Waals surface area contributed by atoms with Gasteiger partial charge in [0, 0.05) is 31.4 Å². The minimum atomic E-state index is 0.618. The molecule has 1 aliphatic carbocycles. The van der Waals surface area contributed by atoms with E-state index in [0.717, 1.165) is 23.9 Å². The number of anilines is 1. The van der Waals surface area contributed by atoms with Crippen LogP contribution in [0.25, 0.3) is 0 Å². The van der Waals surface area contributed by atoms with E-state index in [1.807, 2.05) is 6.20 Å². The van der Waals surface area contributed by atoms with Gasteiger partial charge in [0.1, 0.15) is 5.82 Å². The Labute approximate surface area is 126 Å². The monoisotopic (exact) mass is 293 g/mol. The van der Waals surface area contributed by atoms with E-state index in [-0.39, 0.29) is 0 Å². The van der Waals surface area contributed by atoms with Gasteiger partial charge in [-0.3, -0.25) is 0 Å². The summed E-state index contributed by atoms with van der Waals surface area (Å²) in [5.74, 6) is 1.77. The third-order valence-corrected chi connectivity index (χ3v) is 4.78. The average molecular weight is 294 g/mol. The van der Waals surface area contributed by atoms with Gasteiger partial charge in [0.05, 0.1) is 5.02 Å². The fourth-order valence-corrected chi connectivity index (χ4v) is 3.24. The molecule has 0 bridgehead atoms. The Hall–Kier alpha value is -0.800. The molecule has 1 saturated carbocycles. The Bertz CT molecular complexity index is 471. The van der Waals surface area contributed by atoms with Crippen LogP contribution in [0.15, 0.2) is 12.3 Å². The Morgan fingerprint density at radius 1 is 1.40 bits per heavy atom. The first-order chi connectivity index (χ1) is 9.65. The molecule has 1 unspecified atom stereocenters. The number of aromatic nitrogens is 1. The molecule has 1 saturated heterocycles. The van der Waals surface area contributed by atoms with Gasteiger partial charge in [0.2, 0.25) is 0 Å². The number of hydrogen-bond donors (Lipinski definition) is 1. The van der Waals surface area contributed by atoms with Crippen molar-refractivity contribution < 1.29 is 0 Å². The lowest BCUT2D eigenvalue weighted by molar-refractivity contribution is 0.489. The number of hydrogen-bond acceptors (Lipinski definition) is 3. The minimum Gasteiger partial charge on any atom is -0.353 e. The standard InChI is InChI=1S/C16H24ClN3/c1-11(2)15-4-3-7-20(15)16-8-12(14(17)10-19-16)9-18-13-5-6-13/h8,10-11,13,15,18H,3-7,9H2,1-2H3. The van der Waals surface area contributed by atoms with Crippen LogP contribution in [0.2, 0.25) is 5.02 Å². The quantitative estimate of drug-likeness (QED) is 0.899. The van der Waals surface area contributed by atoms with Crippen LogP contribution in [-0.2, 0) is 6.54 Å². The zero-order valence-corrected chi connectivity index (χ0v) is 13.2. The van der Waals surface area contributed by atoms with E-state index in [2.05, 4.69) is 35.1 Å². The number of nitrogens with zero attached hydrogens (tertiary/aromatic N) is 2. The molecule has 1 aromatic heterocycles. The predicted molar refractivity (Wildman–Crippen MR) is 84.3 cm³/mol. The van der Waals surface area contributed by atoms with Gasteiger partial charge in [-0.15, -0.1) is 0 Å². The molecule has 0 aromatic carbocycles. The second kappa shape index (κ2) is 5.90. The van der Waals surface area contributed by atoms with E-state index in [9.17, 15) is 0 Å². The summed E-state index contributed by atoms with van der Waals surface area (Å²) in [6.45, 7) is 6.58. The van der Waals surface area contributed by atoms with Crippen LogP contribution in [0.4, 0.5) is 5.82 Å². The van der Waals surface area contributed by atoms with Crippen LogP contribution in [0.1, 0.15) is 45.1 Å². The van der Waals surface area contributed by atoms with Crippen molar-refractivity contribution >= 4 is 17.4 Å². The third kappa shape index (κ3) is 3.09. The molecule has 1 aromatic rings. The Morgan fingerprint density at radius 2 is 2.20 bits per heavy atom. The van der Waals surface area contributed by atoms with Crippen molar-refractivity contribution in [2.24, 2.45) is 5.92 Å². The van der Waals surface area contributed by atoms with Gasteiger partial charge >= 0.3 is 0 Å². The van der Waals surface area contributed by atoms with Crippen LogP contribution in [-0.4, -0.2) is 23.6 Å². The Morgan fingerprint density at radius 3 is 2.90 bits per heavy atom. The molecular formula is C16H24ClN3. The van der Waals surface area contributed by atoms with Gasteiger partial charge in [-0.1, -0.05) is 25.4 Å². The zero-order chi connectivity index (χ0) is 14.1. The lowest BCUT2D eigenvalue weighted by atomic mass is 10.0. The Kier molecular flexibility index (Phi) is 4.18. The van der Waals surface area contributed by atoms with Gasteiger partial charge in [0.25, 0.3) is 0 Å². The van der Waals surface area contributed by atoms with Crippen LogP contribution >= 0.6 is 11.6 Å². The molecule has 1 atom stereocenters. The summed E-state index contributed by atoms with van der Waals surface area (Å²) in [6.07, 6.45) is 6.96. The highest BCUT2D eigenvalue weighted by molar-refractivity contribution is 6.31. The molecule has 20 heavy (non-hydrogen) atoms. The molecule has 0 amide bonds. The summed E-state index contributed by atoms with van der Waals surface area (Å²) >= 11 is 6.28. The third-order valence-electron chi connectivity index (χ3n) is 4.44. The molecule has 0 radical (unpaired) electrons. The van der Waals surface area contributed by atoms with Gasteiger partial charge in [0.15, 0.2) is 0 Å². The second-order valence-electron chi connectivity index (χ2n) is 6.44. The first-order valence-corrected chi connectivity index (χ1v) is 8.17. The predicted octanol–water partition coefficient (Wildman–Crippen LogP) is 3.61. The molecule has 3 rings (SSSR count). The van der Waals surface area contributed by atoms with Crippen LogP contribution in [0, 0.1) is 5.92 Å². The number of pyridine rings is 1. The summed E-state index contributed by atoms with van der Waals surface area (Å²) < 4.78 is 0. The smallest absolute Gasteiger partial charge is 0.129 e. The van der Waals surface area contributed by atoms with Crippen molar-refractivity contribution in [1.29, 1.82) is 0 Å². The van der Waals surface area contributed by atoms with Crippen molar-refractivity contribution in [2.45, 2.75) is 58.2 Å². The molecule has 2 fully saturated rings. The molecular weight excluding hydrogens is 270 g/mol. The molecule has 4 heteroatoms. The van der Waals surface area contributed by atoms with E-state index >= 15 is 0 Å². The molecule has 2 heterocycles. The molecule has 110 valence electrons. The topological polar surface area (TPSA) is 28.2 Å². The fraction of sp³-hybridized carbons (Fsp3) is 0.688. The molecule has 3 nitrogen and oxygen atoms in total. The molecule has 1 aliphatic heterocycles. The first kappa shape index (κ1) is 14.2. The average Bonchev–Trinajstić information content (AvgIpc) is 3.11. The molecule has 1 N–H and O–H groups in total. The maximum absolute atomic E-state index is 6.28. The number of rotatable bonds is 5. The van der Waals surface area contributed by atoms with Crippen molar-refractivity contribution in [2.75, 3.05) is 11.4 Å². The van der Waals surface area contributed by atoms with Crippen LogP contribution in [0.5, 0.6) is 0 Å². The lowest BCUT2D eigenvalue weighted by Gasteiger charge is -2.29. The zero-order valence-electron chi connectivity index (χ0n) is 12.4.